The highest BCUT2D eigenvalue weighted by Gasteiger charge is 2.42. The third-order valence-electron chi connectivity index (χ3n) is 6.51. The van der Waals surface area contributed by atoms with E-state index in [1.807, 2.05) is 4.90 Å². The Labute approximate surface area is 157 Å². The Morgan fingerprint density at radius 1 is 1.27 bits per heavy atom. The average molecular weight is 351 g/mol. The highest BCUT2D eigenvalue weighted by atomic mass is 16.2. The zero-order valence-corrected chi connectivity index (χ0v) is 15.7. The number of piperidine rings is 1. The fraction of sp³-hybridized carbons (Fsp3) is 0.522. The van der Waals surface area contributed by atoms with Crippen LogP contribution >= 0.6 is 0 Å². The number of nitrogens with one attached hydrogen (secondary N) is 1. The first-order chi connectivity index (χ1) is 12.7. The number of benzene rings is 1. The molecule has 2 amide bonds. The van der Waals surface area contributed by atoms with Gasteiger partial charge in [0.2, 0.25) is 0 Å². The van der Waals surface area contributed by atoms with Crippen molar-refractivity contribution >= 4 is 6.03 Å². The van der Waals surface area contributed by atoms with E-state index in [4.69, 9.17) is 0 Å². The molecule has 26 heavy (non-hydrogen) atoms. The minimum absolute atomic E-state index is 0.0677. The molecule has 2 fully saturated rings. The van der Waals surface area contributed by atoms with E-state index in [9.17, 15) is 4.79 Å². The molecule has 1 aromatic carbocycles. The SMILES string of the molecule is CC1(c2ccccc2)CCCN(C(=O)NCC2C[C@@H]2C2C=CC=CC2)C1. The van der Waals surface area contributed by atoms with Gasteiger partial charge in [-0.1, -0.05) is 61.6 Å². The van der Waals surface area contributed by atoms with Crippen LogP contribution in [0.1, 0.15) is 38.2 Å². The summed E-state index contributed by atoms with van der Waals surface area (Å²) in [5.74, 6) is 2.09. The van der Waals surface area contributed by atoms with E-state index >= 15 is 0 Å². The van der Waals surface area contributed by atoms with Crippen molar-refractivity contribution in [1.29, 1.82) is 0 Å². The number of hydrogen-bond acceptors (Lipinski definition) is 1. The number of nitrogens with zero attached hydrogens (tertiary/aromatic N) is 1. The fourth-order valence-corrected chi connectivity index (χ4v) is 4.77. The first-order valence-electron chi connectivity index (χ1n) is 10.1. The molecule has 1 aromatic rings. The summed E-state index contributed by atoms with van der Waals surface area (Å²) >= 11 is 0. The van der Waals surface area contributed by atoms with Crippen LogP contribution in [0.5, 0.6) is 0 Å². The van der Waals surface area contributed by atoms with Gasteiger partial charge < -0.3 is 10.2 Å². The maximum atomic E-state index is 12.7. The van der Waals surface area contributed by atoms with Crippen LogP contribution in [0.4, 0.5) is 4.79 Å². The number of hydrogen-bond donors (Lipinski definition) is 1. The molecule has 1 aliphatic heterocycles. The molecule has 3 unspecified atom stereocenters. The molecular weight excluding hydrogens is 320 g/mol. The van der Waals surface area contributed by atoms with Crippen LogP contribution in [-0.4, -0.2) is 30.6 Å². The van der Waals surface area contributed by atoms with E-state index in [2.05, 4.69) is 66.9 Å². The highest BCUT2D eigenvalue weighted by Crippen LogP contribution is 2.46. The zero-order valence-electron chi connectivity index (χ0n) is 15.7. The standard InChI is InChI=1S/C23H30N2O/c1-23(20-11-6-3-7-12-20)13-8-14-25(17-23)22(26)24-16-19-15-21(19)18-9-4-2-5-10-18/h2-7,9,11-12,18-19,21H,8,10,13-17H2,1H3,(H,24,26)/t18?,19?,21-,23?/m1/s1. The Balaban J connectivity index is 1.28. The molecule has 0 bridgehead atoms. The van der Waals surface area contributed by atoms with E-state index in [1.54, 1.807) is 0 Å². The number of urea groups is 1. The highest BCUT2D eigenvalue weighted by molar-refractivity contribution is 5.74. The van der Waals surface area contributed by atoms with Crippen molar-refractivity contribution in [2.24, 2.45) is 17.8 Å². The summed E-state index contributed by atoms with van der Waals surface area (Å²) in [5.41, 5.74) is 1.41. The molecule has 138 valence electrons. The minimum Gasteiger partial charge on any atom is -0.338 e. The zero-order chi connectivity index (χ0) is 18.0. The van der Waals surface area contributed by atoms with Crippen LogP contribution in [0.15, 0.2) is 54.6 Å². The van der Waals surface area contributed by atoms with Gasteiger partial charge in [0.15, 0.2) is 0 Å². The number of amides is 2. The van der Waals surface area contributed by atoms with Gasteiger partial charge >= 0.3 is 6.03 Å². The van der Waals surface area contributed by atoms with Crippen LogP contribution in [0.3, 0.4) is 0 Å². The monoisotopic (exact) mass is 350 g/mol. The van der Waals surface area contributed by atoms with Gasteiger partial charge in [-0.3, -0.25) is 0 Å². The lowest BCUT2D eigenvalue weighted by atomic mass is 9.76. The van der Waals surface area contributed by atoms with Crippen LogP contribution in [0.2, 0.25) is 0 Å². The quantitative estimate of drug-likeness (QED) is 0.851. The van der Waals surface area contributed by atoms with Gasteiger partial charge in [-0.2, -0.15) is 0 Å². The summed E-state index contributed by atoms with van der Waals surface area (Å²) in [6, 6.07) is 10.8. The maximum absolute atomic E-state index is 12.7. The van der Waals surface area contributed by atoms with Crippen molar-refractivity contribution < 1.29 is 4.79 Å². The number of allylic oxidation sites excluding steroid dienone is 4. The molecule has 0 spiro atoms. The summed E-state index contributed by atoms with van der Waals surface area (Å²) in [7, 11) is 0. The van der Waals surface area contributed by atoms with Gasteiger partial charge in [0.1, 0.15) is 0 Å². The van der Waals surface area contributed by atoms with Crippen molar-refractivity contribution in [1.82, 2.24) is 10.2 Å². The maximum Gasteiger partial charge on any atom is 0.317 e. The number of rotatable bonds is 4. The molecule has 1 saturated carbocycles. The lowest BCUT2D eigenvalue weighted by Crippen LogP contribution is -2.50. The van der Waals surface area contributed by atoms with Gasteiger partial charge in [0.05, 0.1) is 0 Å². The van der Waals surface area contributed by atoms with E-state index in [-0.39, 0.29) is 11.4 Å². The van der Waals surface area contributed by atoms with Gasteiger partial charge in [-0.25, -0.2) is 4.79 Å². The summed E-state index contributed by atoms with van der Waals surface area (Å²) in [6.45, 7) is 4.81. The Morgan fingerprint density at radius 3 is 2.88 bits per heavy atom. The summed E-state index contributed by atoms with van der Waals surface area (Å²) in [5, 5.41) is 3.22. The lowest BCUT2D eigenvalue weighted by Gasteiger charge is -2.41. The molecule has 1 heterocycles. The summed E-state index contributed by atoms with van der Waals surface area (Å²) in [6.07, 6.45) is 13.5. The fourth-order valence-electron chi connectivity index (χ4n) is 4.77. The lowest BCUT2D eigenvalue weighted by molar-refractivity contribution is 0.155. The molecule has 3 nitrogen and oxygen atoms in total. The Morgan fingerprint density at radius 2 is 2.12 bits per heavy atom. The first-order valence-corrected chi connectivity index (χ1v) is 10.1. The van der Waals surface area contributed by atoms with Crippen molar-refractivity contribution in [3.8, 4) is 0 Å². The number of likely N-dealkylation sites (tertiary alicyclic amines) is 1. The van der Waals surface area contributed by atoms with E-state index in [1.165, 1.54) is 12.0 Å². The smallest absolute Gasteiger partial charge is 0.317 e. The molecule has 2 aliphatic carbocycles. The van der Waals surface area contributed by atoms with Gasteiger partial charge in [-0.05, 0) is 49.0 Å². The van der Waals surface area contributed by atoms with Crippen LogP contribution in [0, 0.1) is 17.8 Å². The molecule has 1 saturated heterocycles. The van der Waals surface area contributed by atoms with E-state index in [0.29, 0.717) is 11.8 Å². The third kappa shape index (κ3) is 3.72. The van der Waals surface area contributed by atoms with Crippen molar-refractivity contribution in [3.05, 3.63) is 60.2 Å². The largest absolute Gasteiger partial charge is 0.338 e. The second-order valence-corrected chi connectivity index (χ2v) is 8.51. The van der Waals surface area contributed by atoms with E-state index in [0.717, 1.165) is 44.8 Å². The molecule has 0 radical (unpaired) electrons. The molecule has 3 heteroatoms. The second-order valence-electron chi connectivity index (χ2n) is 8.51. The van der Waals surface area contributed by atoms with Crippen LogP contribution in [-0.2, 0) is 5.41 Å². The van der Waals surface area contributed by atoms with Gasteiger partial charge in [0, 0.05) is 25.0 Å². The second kappa shape index (κ2) is 7.30. The Hall–Kier alpha value is -2.03. The predicted octanol–water partition coefficient (Wildman–Crippen LogP) is 4.52. The molecule has 0 aromatic heterocycles. The topological polar surface area (TPSA) is 32.3 Å². The summed E-state index contributed by atoms with van der Waals surface area (Å²) < 4.78 is 0. The number of carbonyl (C=O) groups is 1. The Bertz CT molecular complexity index is 695. The normalized spacial score (nSPS) is 33.1. The van der Waals surface area contributed by atoms with Crippen molar-refractivity contribution in [3.63, 3.8) is 0 Å². The third-order valence-corrected chi connectivity index (χ3v) is 6.51. The van der Waals surface area contributed by atoms with Gasteiger partial charge in [0.25, 0.3) is 0 Å². The predicted molar refractivity (Wildman–Crippen MR) is 106 cm³/mol. The first kappa shape index (κ1) is 17.4. The van der Waals surface area contributed by atoms with Gasteiger partial charge in [-0.15, -0.1) is 0 Å². The summed E-state index contributed by atoms with van der Waals surface area (Å²) in [4.78, 5) is 14.7. The van der Waals surface area contributed by atoms with Crippen LogP contribution in [0.25, 0.3) is 0 Å². The molecule has 4 atom stereocenters. The molecular formula is C23H30N2O. The van der Waals surface area contributed by atoms with Crippen LogP contribution < -0.4 is 5.32 Å². The minimum atomic E-state index is 0.0677. The van der Waals surface area contributed by atoms with Crippen molar-refractivity contribution in [2.75, 3.05) is 19.6 Å². The molecule has 4 rings (SSSR count). The molecule has 3 aliphatic rings. The Kier molecular flexibility index (Phi) is 4.88. The van der Waals surface area contributed by atoms with E-state index < -0.39 is 0 Å². The van der Waals surface area contributed by atoms with Crippen molar-refractivity contribution in [2.45, 2.75) is 38.0 Å². The number of carbonyl (C=O) groups excluding carboxylic acids is 1. The average Bonchev–Trinajstić information content (AvgIpc) is 3.47. The molecule has 1 N–H and O–H groups in total.